The summed E-state index contributed by atoms with van der Waals surface area (Å²) in [5.41, 5.74) is 3.26. The summed E-state index contributed by atoms with van der Waals surface area (Å²) in [6.45, 7) is 0.643. The largest absolute Gasteiger partial charge is 0.480 e. The van der Waals surface area contributed by atoms with Gasteiger partial charge in [-0.1, -0.05) is 12.1 Å². The van der Waals surface area contributed by atoms with Crippen LogP contribution in [0.5, 0.6) is 0 Å². The molecule has 1 aromatic carbocycles. The van der Waals surface area contributed by atoms with E-state index in [4.69, 9.17) is 0 Å². The number of thiophene rings is 1. The SMILES string of the molecule is O=C(O)[C@@H]1CCC2=Nc3ccc(-c4cccs4)cc3CN21. The Morgan fingerprint density at radius 2 is 2.29 bits per heavy atom. The second-order valence-electron chi connectivity index (χ2n) is 5.37. The standard InChI is InChI=1S/C16H14N2O2S/c19-16(20)13-5-6-15-17-12-4-3-10(14-2-1-7-21-14)8-11(12)9-18(13)15/h1-4,7-8,13H,5-6,9H2,(H,19,20)/t13-/m0/s1. The summed E-state index contributed by atoms with van der Waals surface area (Å²) in [7, 11) is 0. The van der Waals surface area contributed by atoms with E-state index < -0.39 is 12.0 Å². The van der Waals surface area contributed by atoms with E-state index >= 15 is 0 Å². The monoisotopic (exact) mass is 298 g/mol. The minimum Gasteiger partial charge on any atom is -0.480 e. The summed E-state index contributed by atoms with van der Waals surface area (Å²) in [4.78, 5) is 19.1. The average molecular weight is 298 g/mol. The number of aliphatic imine (C=N–C) groups is 1. The highest BCUT2D eigenvalue weighted by Gasteiger charge is 2.36. The number of rotatable bonds is 2. The number of carboxylic acid groups (broad SMARTS) is 1. The smallest absolute Gasteiger partial charge is 0.326 e. The quantitative estimate of drug-likeness (QED) is 0.923. The average Bonchev–Trinajstić information content (AvgIpc) is 3.13. The highest BCUT2D eigenvalue weighted by Crippen LogP contribution is 2.36. The van der Waals surface area contributed by atoms with Crippen molar-refractivity contribution in [1.29, 1.82) is 0 Å². The maximum Gasteiger partial charge on any atom is 0.326 e. The molecule has 0 radical (unpaired) electrons. The highest BCUT2D eigenvalue weighted by atomic mass is 32.1. The maximum absolute atomic E-state index is 11.3. The van der Waals surface area contributed by atoms with E-state index in [-0.39, 0.29) is 0 Å². The Hall–Kier alpha value is -2.14. The molecule has 2 aromatic rings. The summed E-state index contributed by atoms with van der Waals surface area (Å²) >= 11 is 1.71. The molecule has 1 N–H and O–H groups in total. The zero-order valence-electron chi connectivity index (χ0n) is 11.3. The lowest BCUT2D eigenvalue weighted by Crippen LogP contribution is -2.39. The van der Waals surface area contributed by atoms with Crippen molar-refractivity contribution in [3.63, 3.8) is 0 Å². The van der Waals surface area contributed by atoms with E-state index in [1.807, 2.05) is 17.0 Å². The zero-order chi connectivity index (χ0) is 14.4. The van der Waals surface area contributed by atoms with Gasteiger partial charge < -0.3 is 10.0 Å². The molecule has 4 nitrogen and oxygen atoms in total. The molecule has 1 atom stereocenters. The topological polar surface area (TPSA) is 52.9 Å². The Bertz CT molecular complexity index is 737. The molecular weight excluding hydrogens is 284 g/mol. The predicted molar refractivity (Wildman–Crippen MR) is 83.1 cm³/mol. The third-order valence-electron chi connectivity index (χ3n) is 4.11. The highest BCUT2D eigenvalue weighted by molar-refractivity contribution is 7.13. The minimum atomic E-state index is -0.752. The Labute approximate surface area is 126 Å². The van der Waals surface area contributed by atoms with Gasteiger partial charge in [0, 0.05) is 17.8 Å². The molecule has 0 amide bonds. The molecule has 1 aromatic heterocycles. The number of benzene rings is 1. The van der Waals surface area contributed by atoms with Gasteiger partial charge in [-0.3, -0.25) is 0 Å². The third-order valence-corrected chi connectivity index (χ3v) is 5.03. The number of amidine groups is 1. The van der Waals surface area contributed by atoms with Crippen LogP contribution in [0.4, 0.5) is 5.69 Å². The lowest BCUT2D eigenvalue weighted by Gasteiger charge is -2.28. The van der Waals surface area contributed by atoms with Crippen molar-refractivity contribution in [3.8, 4) is 10.4 Å². The normalized spacial score (nSPS) is 19.9. The van der Waals surface area contributed by atoms with Crippen molar-refractivity contribution in [2.24, 2.45) is 4.99 Å². The van der Waals surface area contributed by atoms with Gasteiger partial charge in [-0.15, -0.1) is 11.3 Å². The lowest BCUT2D eigenvalue weighted by atomic mass is 10.1. The minimum absolute atomic E-state index is 0.428. The Balaban J connectivity index is 1.73. The lowest BCUT2D eigenvalue weighted by molar-refractivity contribution is -0.141. The van der Waals surface area contributed by atoms with Crippen LogP contribution in [-0.2, 0) is 11.3 Å². The summed E-state index contributed by atoms with van der Waals surface area (Å²) < 4.78 is 0. The van der Waals surface area contributed by atoms with Gasteiger partial charge in [-0.2, -0.15) is 0 Å². The number of nitrogens with zero attached hydrogens (tertiary/aromatic N) is 2. The number of fused-ring (bicyclic) bond motifs is 2. The molecule has 106 valence electrons. The van der Waals surface area contributed by atoms with Crippen LogP contribution in [0.15, 0.2) is 40.7 Å². The molecule has 0 unspecified atom stereocenters. The first-order valence-electron chi connectivity index (χ1n) is 6.96. The van der Waals surface area contributed by atoms with Gasteiger partial charge >= 0.3 is 5.97 Å². The van der Waals surface area contributed by atoms with Crippen LogP contribution in [0.2, 0.25) is 0 Å². The fourth-order valence-corrected chi connectivity index (χ4v) is 3.79. The van der Waals surface area contributed by atoms with Crippen LogP contribution in [0.1, 0.15) is 18.4 Å². The molecule has 2 aliphatic rings. The second-order valence-corrected chi connectivity index (χ2v) is 6.32. The van der Waals surface area contributed by atoms with Crippen molar-refractivity contribution in [2.45, 2.75) is 25.4 Å². The molecule has 4 rings (SSSR count). The molecule has 2 aliphatic heterocycles. The van der Waals surface area contributed by atoms with Crippen LogP contribution < -0.4 is 0 Å². The number of hydrogen-bond acceptors (Lipinski definition) is 4. The van der Waals surface area contributed by atoms with Crippen molar-refractivity contribution in [2.75, 3.05) is 0 Å². The summed E-state index contributed by atoms with van der Waals surface area (Å²) in [5, 5.41) is 11.4. The first-order valence-corrected chi connectivity index (χ1v) is 7.84. The van der Waals surface area contributed by atoms with E-state index in [1.165, 1.54) is 10.4 Å². The Kier molecular flexibility index (Phi) is 2.82. The third kappa shape index (κ3) is 2.05. The molecule has 3 heterocycles. The zero-order valence-corrected chi connectivity index (χ0v) is 12.1. The number of carbonyl (C=O) groups is 1. The fourth-order valence-electron chi connectivity index (χ4n) is 3.06. The van der Waals surface area contributed by atoms with E-state index in [9.17, 15) is 9.90 Å². The van der Waals surface area contributed by atoms with E-state index in [2.05, 4.69) is 28.6 Å². The van der Waals surface area contributed by atoms with Crippen LogP contribution in [-0.4, -0.2) is 27.9 Å². The van der Waals surface area contributed by atoms with E-state index in [1.54, 1.807) is 11.3 Å². The molecule has 0 spiro atoms. The number of carboxylic acids is 1. The van der Waals surface area contributed by atoms with Crippen molar-refractivity contribution in [3.05, 3.63) is 41.3 Å². The predicted octanol–water partition coefficient (Wildman–Crippen LogP) is 3.51. The van der Waals surface area contributed by atoms with Gasteiger partial charge in [-0.05, 0) is 41.1 Å². The molecule has 21 heavy (non-hydrogen) atoms. The molecule has 0 aliphatic carbocycles. The molecular formula is C16H14N2O2S. The van der Waals surface area contributed by atoms with Crippen LogP contribution in [0, 0.1) is 0 Å². The summed E-state index contributed by atoms with van der Waals surface area (Å²) in [5.74, 6) is 0.164. The summed E-state index contributed by atoms with van der Waals surface area (Å²) in [6, 6.07) is 9.98. The van der Waals surface area contributed by atoms with Gasteiger partial charge in [0.1, 0.15) is 11.9 Å². The molecule has 0 saturated carbocycles. The van der Waals surface area contributed by atoms with Crippen LogP contribution in [0.3, 0.4) is 0 Å². The van der Waals surface area contributed by atoms with E-state index in [0.717, 1.165) is 23.5 Å². The maximum atomic E-state index is 11.3. The second kappa shape index (κ2) is 4.70. The van der Waals surface area contributed by atoms with Gasteiger partial charge in [-0.25, -0.2) is 9.79 Å². The molecule has 1 fully saturated rings. The van der Waals surface area contributed by atoms with Crippen molar-refractivity contribution >= 4 is 28.8 Å². The van der Waals surface area contributed by atoms with Crippen molar-refractivity contribution < 1.29 is 9.90 Å². The first-order chi connectivity index (χ1) is 10.2. The van der Waals surface area contributed by atoms with Gasteiger partial charge in [0.2, 0.25) is 0 Å². The molecule has 5 heteroatoms. The van der Waals surface area contributed by atoms with Crippen LogP contribution >= 0.6 is 11.3 Å². The Morgan fingerprint density at radius 3 is 3.05 bits per heavy atom. The Morgan fingerprint density at radius 1 is 1.38 bits per heavy atom. The van der Waals surface area contributed by atoms with Gasteiger partial charge in [0.05, 0.1) is 5.69 Å². The first kappa shape index (κ1) is 12.6. The van der Waals surface area contributed by atoms with Crippen molar-refractivity contribution in [1.82, 2.24) is 4.90 Å². The fraction of sp³-hybridized carbons (Fsp3) is 0.250. The van der Waals surface area contributed by atoms with Gasteiger partial charge in [0.15, 0.2) is 0 Å². The molecule has 1 saturated heterocycles. The summed E-state index contributed by atoms with van der Waals surface area (Å²) in [6.07, 6.45) is 1.41. The molecule has 0 bridgehead atoms. The van der Waals surface area contributed by atoms with E-state index in [0.29, 0.717) is 13.0 Å². The van der Waals surface area contributed by atoms with Gasteiger partial charge in [0.25, 0.3) is 0 Å². The number of hydrogen-bond donors (Lipinski definition) is 1. The number of aliphatic carboxylic acids is 1. The van der Waals surface area contributed by atoms with Crippen LogP contribution in [0.25, 0.3) is 10.4 Å².